The molecule has 6 heteroatoms. The summed E-state index contributed by atoms with van der Waals surface area (Å²) in [4.78, 5) is 10.7. The predicted molar refractivity (Wildman–Crippen MR) is 51.9 cm³/mol. The average molecular weight is 250 g/mol. The third-order valence-corrected chi connectivity index (χ3v) is 2.19. The molecular formula is C11H10F4O2. The summed E-state index contributed by atoms with van der Waals surface area (Å²) < 4.78 is 53.1. The van der Waals surface area contributed by atoms with Crippen molar-refractivity contribution in [2.24, 2.45) is 0 Å². The van der Waals surface area contributed by atoms with Gasteiger partial charge in [-0.1, -0.05) is 30.3 Å². The van der Waals surface area contributed by atoms with Crippen LogP contribution in [0.3, 0.4) is 0 Å². The molecule has 0 bridgehead atoms. The molecule has 0 spiro atoms. The first-order chi connectivity index (χ1) is 7.79. The van der Waals surface area contributed by atoms with Gasteiger partial charge in [0.15, 0.2) is 5.60 Å². The Kier molecular flexibility index (Phi) is 3.75. The Morgan fingerprint density at radius 2 is 1.76 bits per heavy atom. The van der Waals surface area contributed by atoms with Crippen molar-refractivity contribution in [1.29, 1.82) is 0 Å². The molecule has 2 nitrogen and oxygen atoms in total. The van der Waals surface area contributed by atoms with E-state index in [-0.39, 0.29) is 5.56 Å². The Morgan fingerprint density at radius 1 is 1.24 bits per heavy atom. The summed E-state index contributed by atoms with van der Waals surface area (Å²) in [7, 11) is 0. The molecule has 1 rings (SSSR count). The van der Waals surface area contributed by atoms with E-state index in [1.54, 1.807) is 6.07 Å². The van der Waals surface area contributed by atoms with Crippen molar-refractivity contribution in [3.05, 3.63) is 35.9 Å². The van der Waals surface area contributed by atoms with Crippen LogP contribution in [-0.2, 0) is 15.1 Å². The third-order valence-electron chi connectivity index (χ3n) is 2.19. The number of ether oxygens (including phenoxy) is 1. The highest BCUT2D eigenvalue weighted by Gasteiger charge is 2.45. The Balaban J connectivity index is 2.95. The van der Waals surface area contributed by atoms with Gasteiger partial charge in [-0.2, -0.15) is 13.2 Å². The molecule has 0 saturated carbocycles. The number of halogens is 4. The molecule has 0 N–H and O–H groups in total. The van der Waals surface area contributed by atoms with E-state index < -0.39 is 24.4 Å². The number of carbonyl (C=O) groups excluding carboxylic acids is 1. The van der Waals surface area contributed by atoms with Crippen molar-refractivity contribution < 1.29 is 27.1 Å². The normalized spacial score (nSPS) is 15.1. The van der Waals surface area contributed by atoms with E-state index in [9.17, 15) is 22.4 Å². The lowest BCUT2D eigenvalue weighted by atomic mass is 9.97. The average Bonchev–Trinajstić information content (AvgIpc) is 2.28. The highest BCUT2D eigenvalue weighted by atomic mass is 19.4. The molecule has 0 aliphatic heterocycles. The topological polar surface area (TPSA) is 26.3 Å². The van der Waals surface area contributed by atoms with Crippen molar-refractivity contribution in [2.75, 3.05) is 6.67 Å². The number of carbonyl (C=O) groups is 1. The quantitative estimate of drug-likeness (QED) is 0.609. The second-order valence-electron chi connectivity index (χ2n) is 3.62. The van der Waals surface area contributed by atoms with Gasteiger partial charge in [-0.3, -0.25) is 0 Å². The first kappa shape index (κ1) is 13.5. The smallest absolute Gasteiger partial charge is 0.445 e. The van der Waals surface area contributed by atoms with Gasteiger partial charge in [0.05, 0.1) is 0 Å². The third kappa shape index (κ3) is 3.18. The fourth-order valence-electron chi connectivity index (χ4n) is 1.22. The number of esters is 1. The summed E-state index contributed by atoms with van der Waals surface area (Å²) in [5.74, 6) is -2.40. The molecule has 0 aromatic heterocycles. The molecular weight excluding hydrogens is 240 g/mol. The van der Waals surface area contributed by atoms with Crippen LogP contribution in [-0.4, -0.2) is 18.8 Å². The summed E-state index contributed by atoms with van der Waals surface area (Å²) >= 11 is 0. The van der Waals surface area contributed by atoms with Gasteiger partial charge >= 0.3 is 12.1 Å². The predicted octanol–water partition coefficient (Wildman–Crippen LogP) is 2.98. The van der Waals surface area contributed by atoms with E-state index in [4.69, 9.17) is 0 Å². The van der Waals surface area contributed by atoms with E-state index in [2.05, 4.69) is 4.74 Å². The van der Waals surface area contributed by atoms with Crippen molar-refractivity contribution in [3.8, 4) is 0 Å². The minimum Gasteiger partial charge on any atom is -0.445 e. The van der Waals surface area contributed by atoms with Crippen LogP contribution in [0.2, 0.25) is 0 Å². The van der Waals surface area contributed by atoms with Crippen LogP contribution in [0.1, 0.15) is 12.5 Å². The van der Waals surface area contributed by atoms with Crippen LogP contribution >= 0.6 is 0 Å². The molecule has 0 fully saturated rings. The van der Waals surface area contributed by atoms with Gasteiger partial charge in [0.1, 0.15) is 6.67 Å². The summed E-state index contributed by atoms with van der Waals surface area (Å²) in [6, 6.07) is 7.44. The molecule has 0 aliphatic rings. The number of hydrogen-bond donors (Lipinski definition) is 0. The summed E-state index contributed by atoms with van der Waals surface area (Å²) in [6.45, 7) is -0.148. The minimum absolute atomic E-state index is 0.167. The van der Waals surface area contributed by atoms with Crippen molar-refractivity contribution in [2.45, 2.75) is 18.7 Å². The van der Waals surface area contributed by atoms with Gasteiger partial charge in [-0.25, -0.2) is 9.18 Å². The fourth-order valence-corrected chi connectivity index (χ4v) is 1.22. The van der Waals surface area contributed by atoms with Crippen LogP contribution in [0.25, 0.3) is 0 Å². The van der Waals surface area contributed by atoms with Crippen LogP contribution < -0.4 is 0 Å². The van der Waals surface area contributed by atoms with Crippen LogP contribution in [0.15, 0.2) is 30.3 Å². The number of hydrogen-bond acceptors (Lipinski definition) is 2. The molecule has 1 aromatic carbocycles. The molecule has 17 heavy (non-hydrogen) atoms. The maximum Gasteiger partial charge on any atom is 0.490 e. The van der Waals surface area contributed by atoms with Crippen molar-refractivity contribution in [1.82, 2.24) is 0 Å². The summed E-state index contributed by atoms with van der Waals surface area (Å²) in [6.07, 6.45) is -5.13. The molecule has 94 valence electrons. The summed E-state index contributed by atoms with van der Waals surface area (Å²) in [5.41, 5.74) is -1.76. The molecule has 0 heterocycles. The Bertz CT molecular complexity index is 388. The van der Waals surface area contributed by atoms with E-state index in [0.29, 0.717) is 0 Å². The van der Waals surface area contributed by atoms with Gasteiger partial charge in [-0.05, 0) is 12.5 Å². The molecule has 0 radical (unpaired) electrons. The van der Waals surface area contributed by atoms with Gasteiger partial charge in [0.25, 0.3) is 0 Å². The van der Waals surface area contributed by atoms with Gasteiger partial charge in [0.2, 0.25) is 0 Å². The second kappa shape index (κ2) is 4.73. The SMILES string of the molecule is CC(CF)(OC(=O)C(F)(F)F)c1ccccc1. The first-order valence-electron chi connectivity index (χ1n) is 4.71. The van der Waals surface area contributed by atoms with E-state index >= 15 is 0 Å². The lowest BCUT2D eigenvalue weighted by Gasteiger charge is -2.27. The van der Waals surface area contributed by atoms with Crippen LogP contribution in [0, 0.1) is 0 Å². The van der Waals surface area contributed by atoms with Gasteiger partial charge in [0, 0.05) is 0 Å². The standard InChI is InChI=1S/C11H10F4O2/c1-10(7-12,8-5-3-2-4-6-8)17-9(16)11(13,14)15/h2-6H,7H2,1H3. The highest BCUT2D eigenvalue weighted by Crippen LogP contribution is 2.29. The Hall–Kier alpha value is -1.59. The second-order valence-corrected chi connectivity index (χ2v) is 3.62. The van der Waals surface area contributed by atoms with Crippen LogP contribution in [0.5, 0.6) is 0 Å². The zero-order valence-electron chi connectivity index (χ0n) is 8.92. The molecule has 0 aliphatic carbocycles. The Morgan fingerprint density at radius 3 is 2.18 bits per heavy atom. The molecule has 0 amide bonds. The fraction of sp³-hybridized carbons (Fsp3) is 0.364. The molecule has 0 saturated heterocycles. The monoisotopic (exact) mass is 250 g/mol. The molecule has 1 unspecified atom stereocenters. The molecule has 1 aromatic rings. The van der Waals surface area contributed by atoms with E-state index in [1.807, 2.05) is 0 Å². The lowest BCUT2D eigenvalue weighted by Crippen LogP contribution is -2.37. The number of benzene rings is 1. The van der Waals surface area contributed by atoms with E-state index in [0.717, 1.165) is 6.92 Å². The largest absolute Gasteiger partial charge is 0.490 e. The Labute approximate surface area is 95.2 Å². The van der Waals surface area contributed by atoms with Crippen molar-refractivity contribution in [3.63, 3.8) is 0 Å². The van der Waals surface area contributed by atoms with Gasteiger partial charge in [-0.15, -0.1) is 0 Å². The first-order valence-corrected chi connectivity index (χ1v) is 4.71. The van der Waals surface area contributed by atoms with Crippen molar-refractivity contribution >= 4 is 5.97 Å². The van der Waals surface area contributed by atoms with E-state index in [1.165, 1.54) is 24.3 Å². The molecule has 1 atom stereocenters. The lowest BCUT2D eigenvalue weighted by molar-refractivity contribution is -0.215. The zero-order valence-corrected chi connectivity index (χ0v) is 8.92. The highest BCUT2D eigenvalue weighted by molar-refractivity contribution is 5.76. The number of rotatable bonds is 3. The number of alkyl halides is 4. The minimum atomic E-state index is -5.13. The van der Waals surface area contributed by atoms with Gasteiger partial charge < -0.3 is 4.74 Å². The zero-order chi connectivity index (χ0) is 13.1. The summed E-state index contributed by atoms with van der Waals surface area (Å²) in [5, 5.41) is 0. The maximum absolute atomic E-state index is 12.8. The maximum atomic E-state index is 12.8. The van der Waals surface area contributed by atoms with Crippen LogP contribution in [0.4, 0.5) is 17.6 Å².